The molecule has 1 heterocycles. The molecule has 2 atom stereocenters. The van der Waals surface area contributed by atoms with Crippen LogP contribution in [0.15, 0.2) is 24.5 Å². The number of methoxy groups -OCH3 is 1. The lowest BCUT2D eigenvalue weighted by Crippen LogP contribution is -2.19. The van der Waals surface area contributed by atoms with Gasteiger partial charge >= 0.3 is 5.97 Å². The minimum absolute atomic E-state index is 0.0333. The molecule has 2 unspecified atom stereocenters. The number of rotatable bonds is 2. The molecule has 3 nitrogen and oxygen atoms in total. The summed E-state index contributed by atoms with van der Waals surface area (Å²) in [7, 11) is 1.52. The van der Waals surface area contributed by atoms with Crippen LogP contribution in [0.2, 0.25) is 0 Å². The molecule has 1 fully saturated rings. The lowest BCUT2D eigenvalue weighted by Gasteiger charge is -2.22. The number of esters is 1. The molecule has 0 spiro atoms. The van der Waals surface area contributed by atoms with Crippen LogP contribution in [0.4, 0.5) is 0 Å². The van der Waals surface area contributed by atoms with Crippen LogP contribution in [0.1, 0.15) is 82.1 Å². The van der Waals surface area contributed by atoms with Gasteiger partial charge in [-0.05, 0) is 36.8 Å². The lowest BCUT2D eigenvalue weighted by atomic mass is 9.84. The minimum Gasteiger partial charge on any atom is -0.469 e. The average Bonchev–Trinajstić information content (AvgIpc) is 2.62. The first-order valence-corrected chi connectivity index (χ1v) is 9.29. The molecule has 0 radical (unpaired) electrons. The van der Waals surface area contributed by atoms with Crippen molar-refractivity contribution in [2.45, 2.75) is 76.5 Å². The van der Waals surface area contributed by atoms with Gasteiger partial charge in [0.25, 0.3) is 0 Å². The Morgan fingerprint density at radius 2 is 1.70 bits per heavy atom. The Labute approximate surface area is 140 Å². The van der Waals surface area contributed by atoms with Crippen molar-refractivity contribution in [2.24, 2.45) is 5.92 Å². The summed E-state index contributed by atoms with van der Waals surface area (Å²) >= 11 is 0. The zero-order valence-electron chi connectivity index (χ0n) is 14.5. The Kier molecular flexibility index (Phi) is 8.13. The van der Waals surface area contributed by atoms with Crippen LogP contribution in [0, 0.1) is 5.92 Å². The smallest absolute Gasteiger partial charge is 0.308 e. The van der Waals surface area contributed by atoms with Crippen LogP contribution in [-0.2, 0) is 9.53 Å². The summed E-state index contributed by atoms with van der Waals surface area (Å²) in [6.45, 7) is 0. The third kappa shape index (κ3) is 6.32. The van der Waals surface area contributed by atoms with E-state index in [-0.39, 0.29) is 11.9 Å². The zero-order chi connectivity index (χ0) is 16.3. The molecule has 0 N–H and O–H groups in total. The first-order chi connectivity index (χ1) is 11.3. The van der Waals surface area contributed by atoms with E-state index >= 15 is 0 Å². The van der Waals surface area contributed by atoms with E-state index in [1.807, 2.05) is 18.5 Å². The molecular weight excluding hydrogens is 286 g/mol. The number of carbonyl (C=O) groups excluding carboxylic acids is 1. The highest BCUT2D eigenvalue weighted by Gasteiger charge is 2.24. The molecule has 1 aromatic rings. The molecule has 0 aromatic carbocycles. The van der Waals surface area contributed by atoms with Crippen molar-refractivity contribution in [2.75, 3.05) is 7.11 Å². The molecule has 3 heteroatoms. The van der Waals surface area contributed by atoms with Gasteiger partial charge in [-0.25, -0.2) is 0 Å². The molecule has 1 aromatic heterocycles. The molecule has 2 rings (SSSR count). The Bertz CT molecular complexity index is 446. The molecule has 128 valence electrons. The summed E-state index contributed by atoms with van der Waals surface area (Å²) in [5.41, 5.74) is 1.27. The van der Waals surface area contributed by atoms with Gasteiger partial charge in [-0.1, -0.05) is 57.4 Å². The van der Waals surface area contributed by atoms with E-state index in [9.17, 15) is 4.79 Å². The molecule has 23 heavy (non-hydrogen) atoms. The van der Waals surface area contributed by atoms with Crippen LogP contribution in [0.3, 0.4) is 0 Å². The largest absolute Gasteiger partial charge is 0.469 e. The Morgan fingerprint density at radius 3 is 2.30 bits per heavy atom. The van der Waals surface area contributed by atoms with E-state index in [1.165, 1.54) is 57.6 Å². The van der Waals surface area contributed by atoms with E-state index < -0.39 is 0 Å². The summed E-state index contributed by atoms with van der Waals surface area (Å²) in [5.74, 6) is 0.424. The molecular formula is C20H31NO2. The van der Waals surface area contributed by atoms with Gasteiger partial charge < -0.3 is 4.74 Å². The van der Waals surface area contributed by atoms with Crippen molar-refractivity contribution >= 4 is 5.97 Å². The van der Waals surface area contributed by atoms with Crippen LogP contribution >= 0.6 is 0 Å². The van der Waals surface area contributed by atoms with Gasteiger partial charge in [-0.2, -0.15) is 0 Å². The van der Waals surface area contributed by atoms with E-state index in [1.54, 1.807) is 0 Å². The summed E-state index contributed by atoms with van der Waals surface area (Å²) in [4.78, 5) is 16.5. The first-order valence-electron chi connectivity index (χ1n) is 9.29. The number of ether oxygens (including phenoxy) is 1. The van der Waals surface area contributed by atoms with Crippen molar-refractivity contribution < 1.29 is 9.53 Å². The molecule has 0 bridgehead atoms. The Balaban J connectivity index is 2.08. The van der Waals surface area contributed by atoms with Crippen LogP contribution in [0.5, 0.6) is 0 Å². The second-order valence-electron chi connectivity index (χ2n) is 6.84. The van der Waals surface area contributed by atoms with Gasteiger partial charge in [-0.15, -0.1) is 0 Å². The molecule has 1 saturated carbocycles. The van der Waals surface area contributed by atoms with Crippen molar-refractivity contribution in [3.05, 3.63) is 30.1 Å². The summed E-state index contributed by atoms with van der Waals surface area (Å²) in [5, 5.41) is 0. The Hall–Kier alpha value is -1.38. The molecule has 0 aliphatic heterocycles. The fraction of sp³-hybridized carbons (Fsp3) is 0.700. The predicted octanol–water partition coefficient (Wildman–Crippen LogP) is 5.26. The molecule has 1 aliphatic rings. The first kappa shape index (κ1) is 18.0. The highest BCUT2D eigenvalue weighted by atomic mass is 16.5. The maximum Gasteiger partial charge on any atom is 0.308 e. The maximum atomic E-state index is 12.2. The van der Waals surface area contributed by atoms with Crippen molar-refractivity contribution in [1.29, 1.82) is 0 Å². The number of nitrogens with zero attached hydrogens (tertiary/aromatic N) is 1. The van der Waals surface area contributed by atoms with E-state index in [0.29, 0.717) is 5.92 Å². The molecule has 1 aliphatic carbocycles. The van der Waals surface area contributed by atoms with Crippen LogP contribution < -0.4 is 0 Å². The van der Waals surface area contributed by atoms with Gasteiger partial charge in [0.05, 0.1) is 13.0 Å². The van der Waals surface area contributed by atoms with Gasteiger partial charge in [0.2, 0.25) is 0 Å². The fourth-order valence-corrected chi connectivity index (χ4v) is 3.72. The standard InChI is InChI=1S/C20H31NO2/c1-23-20(22)18-12-9-7-5-3-2-4-6-8-11-17(15-18)19-13-10-14-21-16-19/h10,13-14,16-18H,2-9,11-12,15H2,1H3. The van der Waals surface area contributed by atoms with E-state index in [4.69, 9.17) is 4.74 Å². The minimum atomic E-state index is -0.0336. The van der Waals surface area contributed by atoms with Crippen molar-refractivity contribution in [1.82, 2.24) is 4.98 Å². The predicted molar refractivity (Wildman–Crippen MR) is 93.3 cm³/mol. The number of aromatic nitrogens is 1. The topological polar surface area (TPSA) is 39.2 Å². The van der Waals surface area contributed by atoms with Gasteiger partial charge in [0.1, 0.15) is 0 Å². The third-order valence-corrected chi connectivity index (χ3v) is 5.11. The average molecular weight is 317 g/mol. The van der Waals surface area contributed by atoms with Gasteiger partial charge in [0, 0.05) is 12.4 Å². The number of hydrogen-bond acceptors (Lipinski definition) is 3. The number of hydrogen-bond donors (Lipinski definition) is 0. The number of pyridine rings is 1. The van der Waals surface area contributed by atoms with Crippen molar-refractivity contribution in [3.8, 4) is 0 Å². The van der Waals surface area contributed by atoms with Crippen LogP contribution in [-0.4, -0.2) is 18.1 Å². The fourth-order valence-electron chi connectivity index (χ4n) is 3.72. The normalized spacial score (nSPS) is 24.7. The second kappa shape index (κ2) is 10.4. The monoisotopic (exact) mass is 317 g/mol. The summed E-state index contributed by atoms with van der Waals surface area (Å²) in [6, 6.07) is 4.16. The summed E-state index contributed by atoms with van der Waals surface area (Å²) < 4.78 is 5.07. The molecule has 0 saturated heterocycles. The van der Waals surface area contributed by atoms with E-state index in [0.717, 1.165) is 25.7 Å². The lowest BCUT2D eigenvalue weighted by molar-refractivity contribution is -0.146. The van der Waals surface area contributed by atoms with Crippen LogP contribution in [0.25, 0.3) is 0 Å². The highest BCUT2D eigenvalue weighted by Crippen LogP contribution is 2.32. The second-order valence-corrected chi connectivity index (χ2v) is 6.84. The zero-order valence-corrected chi connectivity index (χ0v) is 14.5. The van der Waals surface area contributed by atoms with E-state index in [2.05, 4.69) is 11.1 Å². The number of carbonyl (C=O) groups is 1. The quantitative estimate of drug-likeness (QED) is 0.698. The molecule has 0 amide bonds. The van der Waals surface area contributed by atoms with Gasteiger partial charge in [0.15, 0.2) is 0 Å². The van der Waals surface area contributed by atoms with Crippen molar-refractivity contribution in [3.63, 3.8) is 0 Å². The summed E-state index contributed by atoms with van der Waals surface area (Å²) in [6.07, 6.45) is 17.1. The highest BCUT2D eigenvalue weighted by molar-refractivity contribution is 5.72. The maximum absolute atomic E-state index is 12.2. The Morgan fingerprint density at radius 1 is 1.04 bits per heavy atom. The van der Waals surface area contributed by atoms with Gasteiger partial charge in [-0.3, -0.25) is 9.78 Å². The SMILES string of the molecule is COC(=O)C1CCCCCCCCCCC(c2cccnc2)C1. The third-order valence-electron chi connectivity index (χ3n) is 5.11.